The number of ether oxygens (including phenoxy) is 1. The number of carboxylic acid groups (broad SMARTS) is 1. The van der Waals surface area contributed by atoms with Gasteiger partial charge < -0.3 is 9.84 Å². The van der Waals surface area contributed by atoms with Crippen molar-refractivity contribution in [2.24, 2.45) is 5.92 Å². The number of para-hydroxylation sites is 1. The predicted octanol–water partition coefficient (Wildman–Crippen LogP) is 7.86. The zero-order valence-corrected chi connectivity index (χ0v) is 24.8. The van der Waals surface area contributed by atoms with Gasteiger partial charge in [-0.25, -0.2) is 4.79 Å². The molecular weight excluding hydrogens is 548 g/mol. The lowest BCUT2D eigenvalue weighted by Gasteiger charge is -2.15. The van der Waals surface area contributed by atoms with Crippen molar-refractivity contribution in [1.29, 1.82) is 0 Å². The van der Waals surface area contributed by atoms with Crippen molar-refractivity contribution in [1.82, 2.24) is 20.6 Å². The van der Waals surface area contributed by atoms with Crippen LogP contribution in [0.1, 0.15) is 58.3 Å². The molecule has 0 amide bonds. The van der Waals surface area contributed by atoms with Crippen LogP contribution in [0, 0.1) is 5.92 Å². The molecule has 224 valence electrons. The summed E-state index contributed by atoms with van der Waals surface area (Å²) in [4.78, 5) is 11.3. The number of allylic oxidation sites excluding steroid dienone is 1. The maximum Gasteiger partial charge on any atom is 0.335 e. The fourth-order valence-electron chi connectivity index (χ4n) is 5.23. The molecule has 1 heterocycles. The Morgan fingerprint density at radius 2 is 1.52 bits per heavy atom. The number of benzene rings is 4. The zero-order chi connectivity index (χ0) is 30.4. The highest BCUT2D eigenvalue weighted by Crippen LogP contribution is 2.24. The number of nitrogens with zero attached hydrogens (tertiary/aromatic N) is 3. The second-order valence-corrected chi connectivity index (χ2v) is 11.0. The Balaban J connectivity index is 1.20. The molecule has 0 radical (unpaired) electrons. The summed E-state index contributed by atoms with van der Waals surface area (Å²) < 4.78 is 6.22. The second kappa shape index (κ2) is 16.0. The Morgan fingerprint density at radius 3 is 2.27 bits per heavy atom. The lowest BCUT2D eigenvalue weighted by molar-refractivity contribution is 0.0697. The third-order valence-electron chi connectivity index (χ3n) is 7.74. The molecule has 0 aliphatic heterocycles. The van der Waals surface area contributed by atoms with Gasteiger partial charge in [0.15, 0.2) is 0 Å². The van der Waals surface area contributed by atoms with E-state index in [9.17, 15) is 9.90 Å². The van der Waals surface area contributed by atoms with E-state index in [0.717, 1.165) is 67.4 Å². The molecule has 1 aromatic heterocycles. The molecule has 0 aliphatic rings. The molecule has 44 heavy (non-hydrogen) atoms. The fourth-order valence-corrected chi connectivity index (χ4v) is 5.23. The van der Waals surface area contributed by atoms with Crippen LogP contribution in [0.2, 0.25) is 0 Å². The van der Waals surface area contributed by atoms with Gasteiger partial charge >= 0.3 is 5.97 Å². The van der Waals surface area contributed by atoms with Gasteiger partial charge in [-0.1, -0.05) is 97.1 Å². The quantitative estimate of drug-likeness (QED) is 0.114. The topological polar surface area (TPSA) is 101 Å². The van der Waals surface area contributed by atoms with Gasteiger partial charge in [-0.3, -0.25) is 0 Å². The molecular formula is C37H38N4O3. The molecule has 5 aromatic rings. The monoisotopic (exact) mass is 586 g/mol. The van der Waals surface area contributed by atoms with Gasteiger partial charge in [0.05, 0.1) is 12.2 Å². The standard InChI is InChI=1S/C37H38N4O3/c42-37(43)34-24-19-31(20-25-34)27-30(15-14-29-16-22-33(23-17-29)36-38-40-41-39-36)18-21-32-12-6-7-13-35(32)44-26-8-2-5-11-28-9-3-1-4-10-28/h1,3-4,6-7,9-10,12-13,16-25,30H,2,5,8,11,14-15,26-27H2,(H,42,43)(H,38,39,40,41). The minimum atomic E-state index is -0.912. The summed E-state index contributed by atoms with van der Waals surface area (Å²) in [6.07, 6.45) is 11.5. The Hall–Kier alpha value is -5.04. The first-order chi connectivity index (χ1) is 21.6. The van der Waals surface area contributed by atoms with E-state index >= 15 is 0 Å². The largest absolute Gasteiger partial charge is 0.493 e. The minimum absolute atomic E-state index is 0.244. The fraction of sp³-hybridized carbons (Fsp3) is 0.243. The first-order valence-electron chi connectivity index (χ1n) is 15.2. The van der Waals surface area contributed by atoms with E-state index in [2.05, 4.69) is 81.3 Å². The normalized spacial score (nSPS) is 11.9. The van der Waals surface area contributed by atoms with Gasteiger partial charge in [0.2, 0.25) is 5.82 Å². The van der Waals surface area contributed by atoms with Crippen molar-refractivity contribution in [3.8, 4) is 17.1 Å². The Bertz CT molecular complexity index is 1600. The number of hydrogen-bond donors (Lipinski definition) is 2. The number of aromatic amines is 1. The van der Waals surface area contributed by atoms with Crippen molar-refractivity contribution >= 4 is 12.0 Å². The third-order valence-corrected chi connectivity index (χ3v) is 7.74. The molecule has 0 aliphatic carbocycles. The van der Waals surface area contributed by atoms with E-state index in [1.165, 1.54) is 11.1 Å². The molecule has 0 spiro atoms. The van der Waals surface area contributed by atoms with Crippen molar-refractivity contribution in [3.05, 3.63) is 137 Å². The van der Waals surface area contributed by atoms with Gasteiger partial charge in [0.25, 0.3) is 0 Å². The maximum absolute atomic E-state index is 11.3. The molecule has 0 saturated heterocycles. The lowest BCUT2D eigenvalue weighted by atomic mass is 9.91. The summed E-state index contributed by atoms with van der Waals surface area (Å²) >= 11 is 0. The number of aromatic carboxylic acids is 1. The Labute approximate surface area is 258 Å². The highest BCUT2D eigenvalue weighted by Gasteiger charge is 2.11. The number of aromatic nitrogens is 4. The number of nitrogens with one attached hydrogen (secondary N) is 1. The summed E-state index contributed by atoms with van der Waals surface area (Å²) in [7, 11) is 0. The van der Waals surface area contributed by atoms with Crippen LogP contribution in [0.4, 0.5) is 0 Å². The summed E-state index contributed by atoms with van der Waals surface area (Å²) in [5.41, 5.74) is 6.01. The summed E-state index contributed by atoms with van der Waals surface area (Å²) in [5.74, 6) is 0.808. The number of H-pyrrole nitrogens is 1. The number of carboxylic acids is 1. The summed E-state index contributed by atoms with van der Waals surface area (Å²) in [6, 6.07) is 34.2. The van der Waals surface area contributed by atoms with Crippen molar-refractivity contribution < 1.29 is 14.6 Å². The average Bonchev–Trinajstić information content (AvgIpc) is 3.61. The molecule has 4 aromatic carbocycles. The molecule has 7 nitrogen and oxygen atoms in total. The van der Waals surface area contributed by atoms with E-state index in [-0.39, 0.29) is 5.92 Å². The van der Waals surface area contributed by atoms with E-state index in [1.807, 2.05) is 42.5 Å². The van der Waals surface area contributed by atoms with Crippen LogP contribution in [-0.4, -0.2) is 38.3 Å². The van der Waals surface area contributed by atoms with Gasteiger partial charge in [0, 0.05) is 11.1 Å². The predicted molar refractivity (Wildman–Crippen MR) is 173 cm³/mol. The van der Waals surface area contributed by atoms with Crippen LogP contribution in [-0.2, 0) is 19.3 Å². The number of tetrazole rings is 1. The lowest BCUT2D eigenvalue weighted by Crippen LogP contribution is -2.05. The third kappa shape index (κ3) is 9.23. The molecule has 0 fully saturated rings. The molecule has 5 rings (SSSR count). The van der Waals surface area contributed by atoms with Gasteiger partial charge in [-0.2, -0.15) is 5.21 Å². The zero-order valence-electron chi connectivity index (χ0n) is 24.8. The SMILES string of the molecule is O=C(O)c1ccc(CC(C=Cc2ccccc2OCCCCCc2ccccc2)CCc2ccc(-c3nn[nH]n3)cc2)cc1. The highest BCUT2D eigenvalue weighted by molar-refractivity contribution is 5.87. The van der Waals surface area contributed by atoms with E-state index in [0.29, 0.717) is 18.0 Å². The number of aryl methyl sites for hydroxylation is 2. The number of rotatable bonds is 16. The second-order valence-electron chi connectivity index (χ2n) is 11.0. The van der Waals surface area contributed by atoms with Gasteiger partial charge in [-0.15, -0.1) is 10.2 Å². The van der Waals surface area contributed by atoms with E-state index in [4.69, 9.17) is 4.74 Å². The summed E-state index contributed by atoms with van der Waals surface area (Å²) in [6.45, 7) is 0.693. The van der Waals surface area contributed by atoms with E-state index in [1.54, 1.807) is 12.1 Å². The molecule has 2 N–H and O–H groups in total. The average molecular weight is 587 g/mol. The van der Waals surface area contributed by atoms with Crippen LogP contribution in [0.5, 0.6) is 5.75 Å². The van der Waals surface area contributed by atoms with E-state index < -0.39 is 5.97 Å². The Kier molecular flexibility index (Phi) is 11.0. The van der Waals surface area contributed by atoms with Crippen LogP contribution in [0.15, 0.2) is 109 Å². The maximum atomic E-state index is 11.3. The van der Waals surface area contributed by atoms with Crippen LogP contribution >= 0.6 is 0 Å². The minimum Gasteiger partial charge on any atom is -0.493 e. The molecule has 0 saturated carbocycles. The molecule has 1 atom stereocenters. The van der Waals surface area contributed by atoms with Gasteiger partial charge in [0.1, 0.15) is 5.75 Å². The molecule has 0 bridgehead atoms. The summed E-state index contributed by atoms with van der Waals surface area (Å²) in [5, 5.41) is 23.5. The van der Waals surface area contributed by atoms with Crippen LogP contribution < -0.4 is 4.74 Å². The van der Waals surface area contributed by atoms with Crippen molar-refractivity contribution in [2.45, 2.75) is 44.9 Å². The number of hydrogen-bond acceptors (Lipinski definition) is 5. The smallest absolute Gasteiger partial charge is 0.335 e. The van der Waals surface area contributed by atoms with Crippen LogP contribution in [0.3, 0.4) is 0 Å². The molecule has 7 heteroatoms. The first-order valence-corrected chi connectivity index (χ1v) is 15.2. The number of unbranched alkanes of at least 4 members (excludes halogenated alkanes) is 2. The molecule has 1 unspecified atom stereocenters. The number of carbonyl (C=O) groups is 1. The highest BCUT2D eigenvalue weighted by atomic mass is 16.5. The van der Waals surface area contributed by atoms with Crippen molar-refractivity contribution in [2.75, 3.05) is 6.61 Å². The Morgan fingerprint density at radius 1 is 0.795 bits per heavy atom. The van der Waals surface area contributed by atoms with Crippen molar-refractivity contribution in [3.63, 3.8) is 0 Å². The van der Waals surface area contributed by atoms with Gasteiger partial charge in [-0.05, 0) is 91.0 Å². The first kappa shape index (κ1) is 30.4. The van der Waals surface area contributed by atoms with Crippen LogP contribution in [0.25, 0.3) is 17.5 Å².